The van der Waals surface area contributed by atoms with Gasteiger partial charge in [0.2, 0.25) is 0 Å². The quantitative estimate of drug-likeness (QED) is 0.693. The van der Waals surface area contributed by atoms with Crippen molar-refractivity contribution in [3.63, 3.8) is 0 Å². The van der Waals surface area contributed by atoms with E-state index in [2.05, 4.69) is 6.92 Å². The van der Waals surface area contributed by atoms with Crippen molar-refractivity contribution < 1.29 is 4.74 Å². The second-order valence-corrected chi connectivity index (χ2v) is 6.00. The number of hydrogen-bond donors (Lipinski definition) is 0. The molecule has 0 aliphatic carbocycles. The Kier molecular flexibility index (Phi) is 4.80. The molecule has 0 bridgehead atoms. The van der Waals surface area contributed by atoms with E-state index < -0.39 is 0 Å². The molecule has 0 amide bonds. The van der Waals surface area contributed by atoms with E-state index in [1.807, 2.05) is 73.8 Å². The molecule has 0 atom stereocenters. The molecule has 0 radical (unpaired) electrons. The van der Waals surface area contributed by atoms with Crippen LogP contribution in [-0.4, -0.2) is 4.57 Å². The van der Waals surface area contributed by atoms with Crippen LogP contribution in [-0.2, 0) is 13.0 Å². The molecule has 122 valence electrons. The molecule has 0 aliphatic heterocycles. The van der Waals surface area contributed by atoms with Gasteiger partial charge in [-0.3, -0.25) is 4.79 Å². The monoisotopic (exact) mass is 319 g/mol. The summed E-state index contributed by atoms with van der Waals surface area (Å²) in [5.41, 5.74) is 3.25. The molecule has 1 heterocycles. The predicted octanol–water partition coefficient (Wildman–Crippen LogP) is 4.50. The van der Waals surface area contributed by atoms with Gasteiger partial charge in [0.15, 0.2) is 0 Å². The highest BCUT2D eigenvalue weighted by molar-refractivity contribution is 5.34. The van der Waals surface area contributed by atoms with Gasteiger partial charge in [0.25, 0.3) is 5.56 Å². The SMILES string of the molecule is Cc1ccc(Oc2ccc(CCn3cccc(C)c3=O)cc2)cc1. The lowest BCUT2D eigenvalue weighted by atomic mass is 10.1. The van der Waals surface area contributed by atoms with Gasteiger partial charge in [0.1, 0.15) is 11.5 Å². The maximum atomic E-state index is 12.0. The molecule has 0 saturated carbocycles. The smallest absolute Gasteiger partial charge is 0.253 e. The van der Waals surface area contributed by atoms with Gasteiger partial charge >= 0.3 is 0 Å². The summed E-state index contributed by atoms with van der Waals surface area (Å²) in [5.74, 6) is 1.65. The van der Waals surface area contributed by atoms with E-state index in [-0.39, 0.29) is 5.56 Å². The number of pyridine rings is 1. The molecule has 0 unspecified atom stereocenters. The van der Waals surface area contributed by atoms with E-state index >= 15 is 0 Å². The van der Waals surface area contributed by atoms with Gasteiger partial charge in [-0.25, -0.2) is 0 Å². The molecule has 0 N–H and O–H groups in total. The molecule has 0 aliphatic rings. The van der Waals surface area contributed by atoms with Crippen molar-refractivity contribution in [2.24, 2.45) is 0 Å². The van der Waals surface area contributed by atoms with Crippen LogP contribution in [0.3, 0.4) is 0 Å². The Balaban J connectivity index is 1.63. The minimum absolute atomic E-state index is 0.0804. The number of aromatic nitrogens is 1. The van der Waals surface area contributed by atoms with E-state index in [0.717, 1.165) is 23.5 Å². The van der Waals surface area contributed by atoms with Gasteiger partial charge in [-0.15, -0.1) is 0 Å². The Morgan fingerprint density at radius 1 is 0.875 bits per heavy atom. The first-order valence-corrected chi connectivity index (χ1v) is 8.11. The lowest BCUT2D eigenvalue weighted by Crippen LogP contribution is -2.22. The van der Waals surface area contributed by atoms with Crippen molar-refractivity contribution in [1.29, 1.82) is 0 Å². The molecule has 24 heavy (non-hydrogen) atoms. The Labute approximate surface area is 142 Å². The third kappa shape index (κ3) is 3.93. The van der Waals surface area contributed by atoms with Crippen molar-refractivity contribution in [3.8, 4) is 11.5 Å². The van der Waals surface area contributed by atoms with Crippen LogP contribution in [0.15, 0.2) is 71.7 Å². The van der Waals surface area contributed by atoms with Gasteiger partial charge in [-0.05, 0) is 56.2 Å². The van der Waals surface area contributed by atoms with Crippen LogP contribution in [0.25, 0.3) is 0 Å². The topological polar surface area (TPSA) is 31.2 Å². The summed E-state index contributed by atoms with van der Waals surface area (Å²) in [6.07, 6.45) is 2.65. The summed E-state index contributed by atoms with van der Waals surface area (Å²) in [4.78, 5) is 12.0. The van der Waals surface area contributed by atoms with Gasteiger partial charge in [0.05, 0.1) is 0 Å². The minimum Gasteiger partial charge on any atom is -0.457 e. The zero-order valence-corrected chi connectivity index (χ0v) is 14.0. The summed E-state index contributed by atoms with van der Waals surface area (Å²) >= 11 is 0. The fraction of sp³-hybridized carbons (Fsp3) is 0.190. The molecule has 3 heteroatoms. The molecule has 2 aromatic carbocycles. The maximum Gasteiger partial charge on any atom is 0.253 e. The first-order chi connectivity index (χ1) is 11.6. The van der Waals surface area contributed by atoms with E-state index in [1.165, 1.54) is 11.1 Å². The fourth-order valence-electron chi connectivity index (χ4n) is 2.55. The number of ether oxygens (including phenoxy) is 1. The molecule has 0 fully saturated rings. The van der Waals surface area contributed by atoms with Crippen LogP contribution in [0, 0.1) is 13.8 Å². The van der Waals surface area contributed by atoms with Crippen molar-refractivity contribution in [2.45, 2.75) is 26.8 Å². The normalized spacial score (nSPS) is 10.6. The van der Waals surface area contributed by atoms with Crippen molar-refractivity contribution >= 4 is 0 Å². The van der Waals surface area contributed by atoms with Crippen molar-refractivity contribution in [2.75, 3.05) is 0 Å². The maximum absolute atomic E-state index is 12.0. The second-order valence-electron chi connectivity index (χ2n) is 6.00. The molecule has 0 saturated heterocycles. The average Bonchev–Trinajstić information content (AvgIpc) is 2.59. The average molecular weight is 319 g/mol. The number of aryl methyl sites for hydroxylation is 4. The van der Waals surface area contributed by atoms with Gasteiger partial charge in [-0.1, -0.05) is 35.9 Å². The number of rotatable bonds is 5. The Bertz CT molecular complexity index is 862. The van der Waals surface area contributed by atoms with Crippen LogP contribution in [0.1, 0.15) is 16.7 Å². The van der Waals surface area contributed by atoms with Gasteiger partial charge < -0.3 is 9.30 Å². The van der Waals surface area contributed by atoms with Crippen LogP contribution in [0.5, 0.6) is 11.5 Å². The predicted molar refractivity (Wildman–Crippen MR) is 96.8 cm³/mol. The Morgan fingerprint density at radius 2 is 1.50 bits per heavy atom. The summed E-state index contributed by atoms with van der Waals surface area (Å²) < 4.78 is 7.59. The third-order valence-corrected chi connectivity index (χ3v) is 4.03. The minimum atomic E-state index is 0.0804. The molecular formula is C21H21NO2. The Morgan fingerprint density at radius 3 is 2.17 bits per heavy atom. The zero-order valence-electron chi connectivity index (χ0n) is 14.0. The first-order valence-electron chi connectivity index (χ1n) is 8.11. The van der Waals surface area contributed by atoms with Gasteiger partial charge in [-0.2, -0.15) is 0 Å². The highest BCUT2D eigenvalue weighted by Gasteiger charge is 2.01. The summed E-state index contributed by atoms with van der Waals surface area (Å²) in [6.45, 7) is 4.58. The molecule has 0 spiro atoms. The third-order valence-electron chi connectivity index (χ3n) is 4.03. The number of benzene rings is 2. The van der Waals surface area contributed by atoms with Crippen LogP contribution in [0.2, 0.25) is 0 Å². The fourth-order valence-corrected chi connectivity index (χ4v) is 2.55. The summed E-state index contributed by atoms with van der Waals surface area (Å²) in [7, 11) is 0. The molecule has 3 aromatic rings. The van der Waals surface area contributed by atoms with E-state index in [9.17, 15) is 4.79 Å². The van der Waals surface area contributed by atoms with E-state index in [1.54, 1.807) is 4.57 Å². The molecular weight excluding hydrogens is 298 g/mol. The van der Waals surface area contributed by atoms with E-state index in [0.29, 0.717) is 6.54 Å². The van der Waals surface area contributed by atoms with Crippen LogP contribution in [0.4, 0.5) is 0 Å². The zero-order chi connectivity index (χ0) is 16.9. The largest absolute Gasteiger partial charge is 0.457 e. The van der Waals surface area contributed by atoms with Crippen molar-refractivity contribution in [3.05, 3.63) is 93.9 Å². The van der Waals surface area contributed by atoms with Crippen LogP contribution < -0.4 is 10.3 Å². The van der Waals surface area contributed by atoms with Crippen molar-refractivity contribution in [1.82, 2.24) is 4.57 Å². The molecule has 3 nitrogen and oxygen atoms in total. The molecule has 1 aromatic heterocycles. The number of hydrogen-bond acceptors (Lipinski definition) is 2. The standard InChI is InChI=1S/C21H21NO2/c1-16-5-9-19(10-6-16)24-20-11-7-18(8-12-20)13-15-22-14-3-4-17(2)21(22)23/h3-12,14H,13,15H2,1-2H3. The summed E-state index contributed by atoms with van der Waals surface area (Å²) in [6, 6.07) is 19.8. The number of nitrogens with zero attached hydrogens (tertiary/aromatic N) is 1. The highest BCUT2D eigenvalue weighted by atomic mass is 16.5. The van der Waals surface area contributed by atoms with E-state index in [4.69, 9.17) is 4.74 Å². The van der Waals surface area contributed by atoms with Gasteiger partial charge in [0, 0.05) is 18.3 Å². The Hall–Kier alpha value is -2.81. The first kappa shape index (κ1) is 16.1. The lowest BCUT2D eigenvalue weighted by molar-refractivity contribution is 0.482. The second kappa shape index (κ2) is 7.18. The van der Waals surface area contributed by atoms with Crippen LogP contribution >= 0.6 is 0 Å². The molecule has 3 rings (SSSR count). The lowest BCUT2D eigenvalue weighted by Gasteiger charge is -2.09. The highest BCUT2D eigenvalue weighted by Crippen LogP contribution is 2.22. The summed E-state index contributed by atoms with van der Waals surface area (Å²) in [5, 5.41) is 0.